The van der Waals surface area contributed by atoms with E-state index < -0.39 is 46.4 Å². The minimum atomic E-state index is -1.49. The molecule has 1 aromatic heterocycles. The summed E-state index contributed by atoms with van der Waals surface area (Å²) >= 11 is 0. The Balaban J connectivity index is 1.36. The van der Waals surface area contributed by atoms with Crippen LogP contribution in [0.15, 0.2) is 70.3 Å². The van der Waals surface area contributed by atoms with Gasteiger partial charge in [-0.25, -0.2) is 18.4 Å². The van der Waals surface area contributed by atoms with Gasteiger partial charge in [0.1, 0.15) is 23.2 Å². The summed E-state index contributed by atoms with van der Waals surface area (Å²) in [6, 6.07) is 14.1. The molecule has 1 aliphatic rings. The number of hydrogen-bond acceptors (Lipinski definition) is 6. The van der Waals surface area contributed by atoms with Crippen LogP contribution < -0.4 is 21.5 Å². The number of aromatic nitrogens is 2. The number of nitrogens with one attached hydrogen (secondary N) is 1. The Bertz CT molecular complexity index is 1770. The summed E-state index contributed by atoms with van der Waals surface area (Å²) in [6.07, 6.45) is -0.188. The molecule has 2 heterocycles. The van der Waals surface area contributed by atoms with Crippen molar-refractivity contribution in [3.8, 4) is 0 Å². The maximum absolute atomic E-state index is 14.9. The summed E-state index contributed by atoms with van der Waals surface area (Å²) in [4.78, 5) is 52.1. The third kappa shape index (κ3) is 5.79. The van der Waals surface area contributed by atoms with Gasteiger partial charge in [0.15, 0.2) is 0 Å². The normalized spacial score (nSPS) is 14.1. The van der Waals surface area contributed by atoms with Crippen LogP contribution in [0.25, 0.3) is 10.9 Å². The van der Waals surface area contributed by atoms with E-state index in [9.17, 15) is 33.1 Å². The van der Waals surface area contributed by atoms with Crippen molar-refractivity contribution in [2.24, 2.45) is 7.05 Å². The van der Waals surface area contributed by atoms with Gasteiger partial charge in [0.25, 0.3) is 11.5 Å². The molecule has 10 nitrogen and oxygen atoms in total. The number of fused-ring (bicyclic) bond motifs is 1. The van der Waals surface area contributed by atoms with Gasteiger partial charge in [-0.3, -0.25) is 18.7 Å². The van der Waals surface area contributed by atoms with Gasteiger partial charge in [0, 0.05) is 32.2 Å². The molecule has 0 bridgehead atoms. The van der Waals surface area contributed by atoms with Gasteiger partial charge in [0.2, 0.25) is 0 Å². The van der Waals surface area contributed by atoms with Gasteiger partial charge in [-0.05, 0) is 35.4 Å². The average molecular weight is 579 g/mol. The van der Waals surface area contributed by atoms with E-state index in [2.05, 4.69) is 5.32 Å². The van der Waals surface area contributed by atoms with E-state index in [1.54, 1.807) is 53.4 Å². The third-order valence-electron chi connectivity index (χ3n) is 7.25. The van der Waals surface area contributed by atoms with E-state index >= 15 is 0 Å². The maximum Gasteiger partial charge on any atom is 0.331 e. The highest BCUT2D eigenvalue weighted by molar-refractivity contribution is 5.97. The lowest BCUT2D eigenvalue weighted by molar-refractivity contribution is -0.139. The molecule has 12 heteroatoms. The van der Waals surface area contributed by atoms with Crippen LogP contribution in [0.1, 0.15) is 21.5 Å². The number of halogens is 2. The van der Waals surface area contributed by atoms with Crippen LogP contribution in [0, 0.1) is 11.6 Å². The Kier molecular flexibility index (Phi) is 8.16. The summed E-state index contributed by atoms with van der Waals surface area (Å²) in [5, 5.41) is 12.4. The highest BCUT2D eigenvalue weighted by Gasteiger charge is 2.26. The Morgan fingerprint density at radius 1 is 0.976 bits per heavy atom. The number of ether oxygens (including phenoxy) is 1. The summed E-state index contributed by atoms with van der Waals surface area (Å²) < 4.78 is 37.5. The topological polar surface area (TPSA) is 123 Å². The molecule has 5 rings (SSSR count). The summed E-state index contributed by atoms with van der Waals surface area (Å²) in [5.74, 6) is -4.78. The molecular formula is C30H28F2N4O6. The summed E-state index contributed by atoms with van der Waals surface area (Å²) in [5.41, 5.74) is 0.0773. The lowest BCUT2D eigenvalue weighted by Gasteiger charge is -2.29. The van der Waals surface area contributed by atoms with Gasteiger partial charge < -0.3 is 20.1 Å². The smallest absolute Gasteiger partial charge is 0.331 e. The monoisotopic (exact) mass is 578 g/mol. The number of para-hydroxylation sites is 1. The van der Waals surface area contributed by atoms with Gasteiger partial charge >= 0.3 is 11.7 Å². The van der Waals surface area contributed by atoms with Gasteiger partial charge in [-0.1, -0.05) is 36.4 Å². The number of anilines is 1. The van der Waals surface area contributed by atoms with Gasteiger partial charge in [-0.2, -0.15) is 0 Å². The number of benzene rings is 3. The number of carboxylic acid groups (broad SMARTS) is 1. The number of rotatable bonds is 8. The fourth-order valence-electron chi connectivity index (χ4n) is 5.08. The quantitative estimate of drug-likeness (QED) is 0.329. The van der Waals surface area contributed by atoms with Crippen LogP contribution in [0.3, 0.4) is 0 Å². The Hall–Kier alpha value is -4.84. The van der Waals surface area contributed by atoms with E-state index in [1.807, 2.05) is 0 Å². The first-order valence-electron chi connectivity index (χ1n) is 13.3. The van der Waals surface area contributed by atoms with Crippen molar-refractivity contribution in [2.45, 2.75) is 19.0 Å². The highest BCUT2D eigenvalue weighted by Crippen LogP contribution is 2.23. The molecule has 0 spiro atoms. The van der Waals surface area contributed by atoms with Gasteiger partial charge in [-0.15, -0.1) is 0 Å². The van der Waals surface area contributed by atoms with E-state index in [0.29, 0.717) is 48.3 Å². The first kappa shape index (κ1) is 28.7. The number of carbonyl (C=O) groups is 2. The highest BCUT2D eigenvalue weighted by atomic mass is 19.1. The van der Waals surface area contributed by atoms with Crippen LogP contribution in [-0.2, 0) is 29.5 Å². The van der Waals surface area contributed by atoms with Crippen LogP contribution in [0.4, 0.5) is 14.5 Å². The zero-order valence-electron chi connectivity index (χ0n) is 22.7. The lowest BCUT2D eigenvalue weighted by atomic mass is 10.0. The Morgan fingerprint density at radius 2 is 1.64 bits per heavy atom. The predicted molar refractivity (Wildman–Crippen MR) is 151 cm³/mol. The lowest BCUT2D eigenvalue weighted by Crippen LogP contribution is -2.43. The number of carbonyl (C=O) groups excluding carboxylic acids is 1. The van der Waals surface area contributed by atoms with Crippen molar-refractivity contribution in [2.75, 3.05) is 31.2 Å². The third-order valence-corrected chi connectivity index (χ3v) is 7.25. The predicted octanol–water partition coefficient (Wildman–Crippen LogP) is 2.29. The van der Waals surface area contributed by atoms with Crippen LogP contribution in [0.5, 0.6) is 0 Å². The molecule has 1 atom stereocenters. The molecule has 1 amide bonds. The SMILES string of the molecule is Cn1c(=O)c2ccccc2n(Cc2cccc(CC(NC(=O)c3c(F)cc(N4CCOCC4)cc3F)C(=O)O)c2)c1=O. The second-order valence-electron chi connectivity index (χ2n) is 10.0. The van der Waals surface area contributed by atoms with E-state index in [-0.39, 0.29) is 18.7 Å². The van der Waals surface area contributed by atoms with E-state index in [4.69, 9.17) is 4.74 Å². The Labute approximate surface area is 238 Å². The molecule has 1 aliphatic heterocycles. The molecule has 218 valence electrons. The first-order valence-corrected chi connectivity index (χ1v) is 13.3. The summed E-state index contributed by atoms with van der Waals surface area (Å²) in [6.45, 7) is 1.80. The molecule has 3 aromatic carbocycles. The standard InChI is InChI=1S/C30H28F2N4O6/c1-34-28(38)21-7-2-3-8-25(21)36(30(34)41)17-19-6-4-5-18(13-19)14-24(29(39)40)33-27(37)26-22(31)15-20(16-23(26)32)35-9-11-42-12-10-35/h2-8,13,15-16,24H,9-12,14,17H2,1H3,(H,33,37)(H,39,40). The number of aliphatic carboxylic acids is 1. The maximum atomic E-state index is 14.9. The number of hydrogen-bond donors (Lipinski definition) is 2. The van der Waals surface area contributed by atoms with Crippen LogP contribution in [-0.4, -0.2) is 58.5 Å². The molecule has 2 N–H and O–H groups in total. The van der Waals surface area contributed by atoms with E-state index in [1.165, 1.54) is 11.6 Å². The zero-order valence-corrected chi connectivity index (χ0v) is 22.7. The fourth-order valence-corrected chi connectivity index (χ4v) is 5.08. The molecule has 1 fully saturated rings. The van der Waals surface area contributed by atoms with Crippen LogP contribution in [0.2, 0.25) is 0 Å². The molecule has 1 saturated heterocycles. The molecule has 1 unspecified atom stereocenters. The Morgan fingerprint density at radius 3 is 2.33 bits per heavy atom. The molecule has 0 saturated carbocycles. The van der Waals surface area contributed by atoms with Crippen molar-refractivity contribution >= 4 is 28.5 Å². The van der Waals surface area contributed by atoms with Crippen molar-refractivity contribution in [3.05, 3.63) is 110 Å². The minimum Gasteiger partial charge on any atom is -0.480 e. The summed E-state index contributed by atoms with van der Waals surface area (Å²) in [7, 11) is 1.39. The first-order chi connectivity index (χ1) is 20.1. The minimum absolute atomic E-state index is 0.0946. The number of nitrogens with zero attached hydrogens (tertiary/aromatic N) is 3. The molecule has 0 aliphatic carbocycles. The molecular weight excluding hydrogens is 550 g/mol. The van der Waals surface area contributed by atoms with Crippen molar-refractivity contribution in [3.63, 3.8) is 0 Å². The van der Waals surface area contributed by atoms with E-state index in [0.717, 1.165) is 16.7 Å². The second kappa shape index (κ2) is 12.0. The largest absolute Gasteiger partial charge is 0.480 e. The van der Waals surface area contributed by atoms with Crippen LogP contribution >= 0.6 is 0 Å². The van der Waals surface area contributed by atoms with Crippen molar-refractivity contribution in [1.82, 2.24) is 14.5 Å². The van der Waals surface area contributed by atoms with Crippen molar-refractivity contribution < 1.29 is 28.2 Å². The van der Waals surface area contributed by atoms with Crippen molar-refractivity contribution in [1.29, 1.82) is 0 Å². The number of amides is 1. The fraction of sp³-hybridized carbons (Fsp3) is 0.267. The molecule has 42 heavy (non-hydrogen) atoms. The zero-order chi connectivity index (χ0) is 30.0. The number of carboxylic acids is 1. The number of morpholine rings is 1. The average Bonchev–Trinajstić information content (AvgIpc) is 2.98. The second-order valence-corrected chi connectivity index (χ2v) is 10.0. The van der Waals surface area contributed by atoms with Gasteiger partial charge in [0.05, 0.1) is 30.7 Å². The molecule has 0 radical (unpaired) electrons. The molecule has 4 aromatic rings.